The maximum Gasteiger partial charge on any atom is 0.322 e. The lowest BCUT2D eigenvalue weighted by Crippen LogP contribution is -2.07. The Kier molecular flexibility index (Phi) is 4.76. The van der Waals surface area contributed by atoms with E-state index in [4.69, 9.17) is 27.6 Å². The quantitative estimate of drug-likeness (QED) is 0.676. The van der Waals surface area contributed by atoms with Crippen LogP contribution in [0.4, 0.5) is 6.01 Å². The van der Waals surface area contributed by atoms with Gasteiger partial charge in [-0.25, -0.2) is 0 Å². The molecule has 0 aliphatic rings. The van der Waals surface area contributed by atoms with Gasteiger partial charge in [0.25, 0.3) is 11.8 Å². The number of carbonyl (C=O) groups excluding carboxylic acids is 1. The van der Waals surface area contributed by atoms with Gasteiger partial charge in [-0.2, -0.15) is 0 Å². The first-order valence-corrected chi connectivity index (χ1v) is 8.02. The van der Waals surface area contributed by atoms with Gasteiger partial charge in [-0.15, -0.1) is 16.4 Å². The van der Waals surface area contributed by atoms with E-state index in [0.717, 1.165) is 10.4 Å². The van der Waals surface area contributed by atoms with Gasteiger partial charge in [0.05, 0.1) is 9.21 Å². The molecule has 0 saturated carbocycles. The van der Waals surface area contributed by atoms with E-state index in [0.29, 0.717) is 15.2 Å². The second kappa shape index (κ2) is 6.95. The van der Waals surface area contributed by atoms with Crippen molar-refractivity contribution in [3.8, 4) is 10.8 Å². The molecular weight excluding hydrogens is 357 g/mol. The number of thiophene rings is 1. The Morgan fingerprint density at radius 3 is 2.74 bits per heavy atom. The van der Waals surface area contributed by atoms with Crippen LogP contribution in [0.3, 0.4) is 0 Å². The van der Waals surface area contributed by atoms with E-state index < -0.39 is 5.91 Å². The number of hydrogen-bond acceptors (Lipinski definition) is 5. The van der Waals surface area contributed by atoms with Gasteiger partial charge in [-0.3, -0.25) is 10.1 Å². The van der Waals surface area contributed by atoms with Crippen molar-refractivity contribution >= 4 is 52.5 Å². The van der Waals surface area contributed by atoms with E-state index in [9.17, 15) is 4.79 Å². The highest BCUT2D eigenvalue weighted by molar-refractivity contribution is 7.19. The molecule has 0 spiro atoms. The van der Waals surface area contributed by atoms with E-state index >= 15 is 0 Å². The molecule has 8 heteroatoms. The second-order valence-corrected chi connectivity index (χ2v) is 6.48. The van der Waals surface area contributed by atoms with Crippen molar-refractivity contribution in [2.24, 2.45) is 0 Å². The summed E-state index contributed by atoms with van der Waals surface area (Å²) in [6, 6.07) is 10.7. The molecule has 0 atom stereocenters. The average molecular weight is 366 g/mol. The van der Waals surface area contributed by atoms with Crippen LogP contribution in [0, 0.1) is 0 Å². The topological polar surface area (TPSA) is 68.0 Å². The Hall–Kier alpha value is -2.15. The molecule has 3 rings (SSSR count). The summed E-state index contributed by atoms with van der Waals surface area (Å²) in [5.74, 6) is -0.100. The van der Waals surface area contributed by atoms with Gasteiger partial charge in [-0.1, -0.05) is 46.5 Å². The fourth-order valence-corrected chi connectivity index (χ4v) is 2.89. The largest absolute Gasteiger partial charge is 0.402 e. The predicted molar refractivity (Wildman–Crippen MR) is 91.7 cm³/mol. The summed E-state index contributed by atoms with van der Waals surface area (Å²) in [4.78, 5) is 12.6. The highest BCUT2D eigenvalue weighted by Crippen LogP contribution is 2.30. The molecule has 0 bridgehead atoms. The molecule has 0 aliphatic carbocycles. The van der Waals surface area contributed by atoms with E-state index in [-0.39, 0.29) is 6.01 Å². The van der Waals surface area contributed by atoms with Crippen LogP contribution in [0.25, 0.3) is 16.8 Å². The number of nitrogens with zero attached hydrogens (tertiary/aromatic N) is 2. The van der Waals surface area contributed by atoms with E-state index in [1.807, 2.05) is 12.1 Å². The standard InChI is InChI=1S/C15H9Cl2N3O2S/c16-10-4-2-1-3-9(10)5-8-13(21)18-15-20-19-14(22-15)11-6-7-12(17)23-11/h1-8H,(H,18,20,21)/b8-5+. The number of anilines is 1. The molecule has 0 unspecified atom stereocenters. The molecule has 3 aromatic rings. The number of amides is 1. The summed E-state index contributed by atoms with van der Waals surface area (Å²) in [6.07, 6.45) is 2.95. The maximum atomic E-state index is 11.9. The van der Waals surface area contributed by atoms with Crippen LogP contribution in [-0.4, -0.2) is 16.1 Å². The van der Waals surface area contributed by atoms with Crippen molar-refractivity contribution < 1.29 is 9.21 Å². The lowest BCUT2D eigenvalue weighted by molar-refractivity contribution is -0.112. The molecule has 2 heterocycles. The molecule has 23 heavy (non-hydrogen) atoms. The summed E-state index contributed by atoms with van der Waals surface area (Å²) in [6.45, 7) is 0. The average Bonchev–Trinajstić information content (AvgIpc) is 3.15. The molecule has 1 N–H and O–H groups in total. The minimum atomic E-state index is -0.399. The molecular formula is C15H9Cl2N3O2S. The van der Waals surface area contributed by atoms with Gasteiger partial charge in [-0.05, 0) is 29.8 Å². The summed E-state index contributed by atoms with van der Waals surface area (Å²) in [7, 11) is 0. The van der Waals surface area contributed by atoms with Crippen LogP contribution in [0.1, 0.15) is 5.56 Å². The minimum absolute atomic E-state index is 0.0123. The first-order valence-electron chi connectivity index (χ1n) is 6.44. The molecule has 116 valence electrons. The van der Waals surface area contributed by atoms with E-state index in [1.54, 1.807) is 30.3 Å². The van der Waals surface area contributed by atoms with Crippen molar-refractivity contribution in [1.82, 2.24) is 10.2 Å². The fourth-order valence-electron chi connectivity index (χ4n) is 1.73. The lowest BCUT2D eigenvalue weighted by Gasteiger charge is -1.97. The molecule has 1 amide bonds. The van der Waals surface area contributed by atoms with Gasteiger partial charge in [0.1, 0.15) is 0 Å². The van der Waals surface area contributed by atoms with Crippen molar-refractivity contribution in [2.45, 2.75) is 0 Å². The molecule has 5 nitrogen and oxygen atoms in total. The zero-order valence-corrected chi connectivity index (χ0v) is 13.8. The Balaban J connectivity index is 1.67. The predicted octanol–water partition coefficient (Wildman–Crippen LogP) is 4.76. The van der Waals surface area contributed by atoms with Crippen LogP contribution in [0.5, 0.6) is 0 Å². The second-order valence-electron chi connectivity index (χ2n) is 4.36. The highest BCUT2D eigenvalue weighted by atomic mass is 35.5. The normalized spacial score (nSPS) is 11.0. The van der Waals surface area contributed by atoms with Crippen molar-refractivity contribution in [2.75, 3.05) is 5.32 Å². The first-order chi connectivity index (χ1) is 11.1. The Bertz CT molecular complexity index is 873. The smallest absolute Gasteiger partial charge is 0.322 e. The van der Waals surface area contributed by atoms with Crippen molar-refractivity contribution in [3.05, 3.63) is 57.4 Å². The highest BCUT2D eigenvalue weighted by Gasteiger charge is 2.11. The summed E-state index contributed by atoms with van der Waals surface area (Å²) < 4.78 is 5.98. The van der Waals surface area contributed by atoms with Gasteiger partial charge >= 0.3 is 6.01 Å². The zero-order chi connectivity index (χ0) is 16.2. The summed E-state index contributed by atoms with van der Waals surface area (Å²) in [5, 5.41) is 10.7. The summed E-state index contributed by atoms with van der Waals surface area (Å²) >= 11 is 13.2. The monoisotopic (exact) mass is 365 g/mol. The Labute approximate surface area is 145 Å². The fraction of sp³-hybridized carbons (Fsp3) is 0. The third kappa shape index (κ3) is 3.98. The third-order valence-electron chi connectivity index (χ3n) is 2.76. The van der Waals surface area contributed by atoms with Gasteiger partial charge in [0.2, 0.25) is 0 Å². The number of hydrogen-bond donors (Lipinski definition) is 1. The number of nitrogens with one attached hydrogen (secondary N) is 1. The maximum absolute atomic E-state index is 11.9. The van der Waals surface area contributed by atoms with Crippen LogP contribution in [0.15, 0.2) is 46.9 Å². The minimum Gasteiger partial charge on any atom is -0.402 e. The SMILES string of the molecule is O=C(/C=C/c1ccccc1Cl)Nc1nnc(-c2ccc(Cl)s2)o1. The van der Waals surface area contributed by atoms with Gasteiger partial charge < -0.3 is 4.42 Å². The Morgan fingerprint density at radius 2 is 2.00 bits per heavy atom. The molecule has 0 aliphatic heterocycles. The third-order valence-corrected chi connectivity index (χ3v) is 4.32. The van der Waals surface area contributed by atoms with Crippen LogP contribution in [0.2, 0.25) is 9.36 Å². The van der Waals surface area contributed by atoms with Crippen LogP contribution >= 0.6 is 34.5 Å². The van der Waals surface area contributed by atoms with Crippen molar-refractivity contribution in [3.63, 3.8) is 0 Å². The van der Waals surface area contributed by atoms with E-state index in [2.05, 4.69) is 15.5 Å². The number of rotatable bonds is 4. The first kappa shape index (κ1) is 15.7. The molecule has 2 aromatic heterocycles. The molecule has 0 radical (unpaired) electrons. The number of aromatic nitrogens is 2. The Morgan fingerprint density at radius 1 is 1.17 bits per heavy atom. The van der Waals surface area contributed by atoms with E-state index in [1.165, 1.54) is 17.4 Å². The molecule has 1 aromatic carbocycles. The van der Waals surface area contributed by atoms with Crippen LogP contribution < -0.4 is 5.32 Å². The lowest BCUT2D eigenvalue weighted by atomic mass is 10.2. The van der Waals surface area contributed by atoms with Gasteiger partial charge in [0.15, 0.2) is 0 Å². The number of carbonyl (C=O) groups is 1. The number of benzene rings is 1. The van der Waals surface area contributed by atoms with Crippen LogP contribution in [-0.2, 0) is 4.79 Å². The zero-order valence-electron chi connectivity index (χ0n) is 11.5. The molecule has 0 fully saturated rings. The number of halogens is 2. The summed E-state index contributed by atoms with van der Waals surface area (Å²) in [5.41, 5.74) is 0.740. The molecule has 0 saturated heterocycles. The van der Waals surface area contributed by atoms with Crippen molar-refractivity contribution in [1.29, 1.82) is 0 Å². The van der Waals surface area contributed by atoms with Gasteiger partial charge in [0, 0.05) is 11.1 Å².